The summed E-state index contributed by atoms with van der Waals surface area (Å²) < 4.78 is 4.83. The second kappa shape index (κ2) is 7.84. The first-order valence-electron chi connectivity index (χ1n) is 5.49. The summed E-state index contributed by atoms with van der Waals surface area (Å²) in [7, 11) is 0. The van der Waals surface area contributed by atoms with E-state index < -0.39 is 18.0 Å². The first-order chi connectivity index (χ1) is 7.52. The number of ether oxygens (including phenoxy) is 1. The number of unbranched alkanes of at least 4 members (excludes halogenated alkanes) is 1. The molecule has 1 unspecified atom stereocenters. The number of carbonyl (C=O) groups is 2. The van der Waals surface area contributed by atoms with E-state index in [2.05, 4.69) is 4.99 Å². The van der Waals surface area contributed by atoms with Crippen LogP contribution in [-0.2, 0) is 9.53 Å². The van der Waals surface area contributed by atoms with E-state index in [4.69, 9.17) is 9.84 Å². The molecule has 0 spiro atoms. The van der Waals surface area contributed by atoms with Gasteiger partial charge in [0.25, 0.3) is 0 Å². The molecule has 0 radical (unpaired) electrons. The summed E-state index contributed by atoms with van der Waals surface area (Å²) in [5.74, 6) is -1.73. The Kier molecular flexibility index (Phi) is 7.16. The minimum absolute atomic E-state index is 0.331. The predicted molar refractivity (Wildman–Crippen MR) is 60.8 cm³/mol. The van der Waals surface area contributed by atoms with E-state index in [9.17, 15) is 9.59 Å². The van der Waals surface area contributed by atoms with Gasteiger partial charge in [-0.3, -0.25) is 4.79 Å². The second-order valence-corrected chi connectivity index (χ2v) is 3.48. The topological polar surface area (TPSA) is 76.0 Å². The largest absolute Gasteiger partial charge is 0.481 e. The zero-order valence-corrected chi connectivity index (χ0v) is 10.0. The molecule has 16 heavy (non-hydrogen) atoms. The van der Waals surface area contributed by atoms with Crippen molar-refractivity contribution in [3.8, 4) is 0 Å². The van der Waals surface area contributed by atoms with Gasteiger partial charge in [-0.1, -0.05) is 20.3 Å². The number of nitrogens with zero attached hydrogens (tertiary/aromatic N) is 1. The van der Waals surface area contributed by atoms with Crippen LogP contribution in [-0.4, -0.2) is 29.5 Å². The lowest BCUT2D eigenvalue weighted by molar-refractivity contribution is -0.138. The maximum atomic E-state index is 11.2. The zero-order chi connectivity index (χ0) is 12.6. The van der Waals surface area contributed by atoms with Crippen molar-refractivity contribution in [2.75, 3.05) is 6.61 Å². The lowest BCUT2D eigenvalue weighted by Gasteiger charge is -2.07. The molecule has 1 amide bonds. The van der Waals surface area contributed by atoms with E-state index in [-0.39, 0.29) is 0 Å². The SMILES string of the molecule is CCCCOC(=O)N=C(CC)C(C)C(=O)O. The van der Waals surface area contributed by atoms with E-state index in [0.717, 1.165) is 12.8 Å². The van der Waals surface area contributed by atoms with Crippen molar-refractivity contribution in [1.82, 2.24) is 0 Å². The number of carboxylic acids is 1. The fourth-order valence-corrected chi connectivity index (χ4v) is 1.08. The molecule has 1 atom stereocenters. The first-order valence-corrected chi connectivity index (χ1v) is 5.49. The summed E-state index contributed by atoms with van der Waals surface area (Å²) in [4.78, 5) is 25.6. The molecule has 1 N–H and O–H groups in total. The Balaban J connectivity index is 4.34. The highest BCUT2D eigenvalue weighted by Gasteiger charge is 2.18. The molecule has 5 nitrogen and oxygen atoms in total. The van der Waals surface area contributed by atoms with Crippen molar-refractivity contribution < 1.29 is 19.4 Å². The minimum Gasteiger partial charge on any atom is -0.481 e. The summed E-state index contributed by atoms with van der Waals surface area (Å²) in [5.41, 5.74) is 0.342. The van der Waals surface area contributed by atoms with Crippen LogP contribution in [0.1, 0.15) is 40.0 Å². The molecular weight excluding hydrogens is 210 g/mol. The molecule has 0 heterocycles. The molecule has 0 rings (SSSR count). The molecular formula is C11H19NO4. The van der Waals surface area contributed by atoms with Gasteiger partial charge in [-0.2, -0.15) is 4.99 Å². The highest BCUT2D eigenvalue weighted by atomic mass is 16.5. The third-order valence-corrected chi connectivity index (χ3v) is 2.19. The van der Waals surface area contributed by atoms with Crippen molar-refractivity contribution in [2.45, 2.75) is 40.0 Å². The zero-order valence-electron chi connectivity index (χ0n) is 10.0. The highest BCUT2D eigenvalue weighted by molar-refractivity contribution is 6.04. The van der Waals surface area contributed by atoms with E-state index in [1.165, 1.54) is 6.92 Å². The normalized spacial score (nSPS) is 13.3. The van der Waals surface area contributed by atoms with Crippen LogP contribution in [0.3, 0.4) is 0 Å². The Bertz CT molecular complexity index is 273. The monoisotopic (exact) mass is 229 g/mol. The van der Waals surface area contributed by atoms with Crippen LogP contribution in [0.2, 0.25) is 0 Å². The van der Waals surface area contributed by atoms with Crippen LogP contribution >= 0.6 is 0 Å². The molecule has 0 aliphatic rings. The van der Waals surface area contributed by atoms with Crippen molar-refractivity contribution in [3.05, 3.63) is 0 Å². The fraction of sp³-hybridized carbons (Fsp3) is 0.727. The maximum absolute atomic E-state index is 11.2. The molecule has 0 saturated heterocycles. The number of rotatable bonds is 6. The molecule has 0 fully saturated rings. The van der Waals surface area contributed by atoms with Gasteiger partial charge in [-0.15, -0.1) is 0 Å². The van der Waals surface area contributed by atoms with Crippen molar-refractivity contribution in [3.63, 3.8) is 0 Å². The molecule has 5 heteroatoms. The Labute approximate surface area is 95.5 Å². The van der Waals surface area contributed by atoms with Crippen molar-refractivity contribution in [1.29, 1.82) is 0 Å². The second-order valence-electron chi connectivity index (χ2n) is 3.48. The Morgan fingerprint density at radius 2 is 2.00 bits per heavy atom. The minimum atomic E-state index is -0.984. The van der Waals surface area contributed by atoms with E-state index in [1.54, 1.807) is 6.92 Å². The number of hydrogen-bond donors (Lipinski definition) is 1. The van der Waals surface area contributed by atoms with E-state index in [1.807, 2.05) is 6.92 Å². The average Bonchev–Trinajstić information content (AvgIpc) is 2.25. The number of aliphatic imine (C=N–C) groups is 1. The molecule has 92 valence electrons. The molecule has 0 aromatic carbocycles. The van der Waals surface area contributed by atoms with E-state index in [0.29, 0.717) is 18.7 Å². The van der Waals surface area contributed by atoms with Crippen LogP contribution in [0.4, 0.5) is 4.79 Å². The van der Waals surface area contributed by atoms with Crippen molar-refractivity contribution >= 4 is 17.8 Å². The molecule has 0 aliphatic heterocycles. The van der Waals surface area contributed by atoms with Gasteiger partial charge in [-0.05, 0) is 19.8 Å². The van der Waals surface area contributed by atoms with Gasteiger partial charge in [0, 0.05) is 5.71 Å². The first kappa shape index (κ1) is 14.6. The Morgan fingerprint density at radius 1 is 1.38 bits per heavy atom. The molecule has 0 bridgehead atoms. The van der Waals surface area contributed by atoms with Crippen LogP contribution in [0.25, 0.3) is 0 Å². The molecule has 0 aromatic rings. The van der Waals surface area contributed by atoms with Gasteiger partial charge in [-0.25, -0.2) is 4.79 Å². The molecule has 0 aromatic heterocycles. The average molecular weight is 229 g/mol. The Morgan fingerprint density at radius 3 is 2.44 bits per heavy atom. The number of carbonyl (C=O) groups excluding carboxylic acids is 1. The lowest BCUT2D eigenvalue weighted by Crippen LogP contribution is -2.21. The van der Waals surface area contributed by atoms with E-state index >= 15 is 0 Å². The maximum Gasteiger partial charge on any atom is 0.433 e. The summed E-state index contributed by atoms with van der Waals surface area (Å²) >= 11 is 0. The number of hydrogen-bond acceptors (Lipinski definition) is 3. The van der Waals surface area contributed by atoms with Crippen LogP contribution in [0.5, 0.6) is 0 Å². The summed E-state index contributed by atoms with van der Waals surface area (Å²) in [6, 6.07) is 0. The summed E-state index contributed by atoms with van der Waals surface area (Å²) in [5, 5.41) is 8.78. The van der Waals surface area contributed by atoms with Crippen LogP contribution in [0, 0.1) is 5.92 Å². The standard InChI is InChI=1S/C11H19NO4/c1-4-6-7-16-11(15)12-9(5-2)8(3)10(13)14/h8H,4-7H2,1-3H3,(H,13,14). The van der Waals surface area contributed by atoms with Gasteiger partial charge in [0.15, 0.2) is 0 Å². The van der Waals surface area contributed by atoms with Gasteiger partial charge >= 0.3 is 12.1 Å². The third-order valence-electron chi connectivity index (χ3n) is 2.19. The van der Waals surface area contributed by atoms with Gasteiger partial charge in [0.2, 0.25) is 0 Å². The highest BCUT2D eigenvalue weighted by Crippen LogP contribution is 2.04. The van der Waals surface area contributed by atoms with Gasteiger partial charge in [0.1, 0.15) is 0 Å². The summed E-state index contributed by atoms with van der Waals surface area (Å²) in [6.07, 6.45) is 1.45. The van der Waals surface area contributed by atoms with Gasteiger partial charge in [0.05, 0.1) is 12.5 Å². The quantitative estimate of drug-likeness (QED) is 0.560. The van der Waals surface area contributed by atoms with Crippen LogP contribution in [0.15, 0.2) is 4.99 Å². The number of carboxylic acid groups (broad SMARTS) is 1. The Hall–Kier alpha value is -1.39. The lowest BCUT2D eigenvalue weighted by atomic mass is 10.0. The third kappa shape index (κ3) is 5.48. The number of aliphatic carboxylic acids is 1. The predicted octanol–water partition coefficient (Wildman–Crippen LogP) is 2.49. The fourth-order valence-electron chi connectivity index (χ4n) is 1.08. The smallest absolute Gasteiger partial charge is 0.433 e. The number of amides is 1. The van der Waals surface area contributed by atoms with Gasteiger partial charge < -0.3 is 9.84 Å². The summed E-state index contributed by atoms with van der Waals surface area (Å²) in [6.45, 7) is 5.58. The van der Waals surface area contributed by atoms with Crippen molar-refractivity contribution in [2.24, 2.45) is 10.9 Å². The van der Waals surface area contributed by atoms with Crippen LogP contribution < -0.4 is 0 Å². The molecule has 0 saturated carbocycles. The molecule has 0 aliphatic carbocycles.